The molecule has 23 heavy (non-hydrogen) atoms. The molecular weight excluding hydrogens is 299 g/mol. The first kappa shape index (κ1) is 16.9. The van der Waals surface area contributed by atoms with Gasteiger partial charge in [0.05, 0.1) is 28.4 Å². The van der Waals surface area contributed by atoms with Crippen LogP contribution in [0.4, 0.5) is 4.39 Å². The van der Waals surface area contributed by atoms with Crippen molar-refractivity contribution in [3.8, 4) is 23.0 Å². The third kappa shape index (κ3) is 3.86. The first-order chi connectivity index (χ1) is 11.1. The van der Waals surface area contributed by atoms with Gasteiger partial charge in [-0.05, 0) is 42.2 Å². The molecule has 0 bridgehead atoms. The summed E-state index contributed by atoms with van der Waals surface area (Å²) in [5, 5.41) is 0. The van der Waals surface area contributed by atoms with Crippen LogP contribution in [0.3, 0.4) is 0 Å². The maximum absolute atomic E-state index is 13.3. The third-order valence-corrected chi connectivity index (χ3v) is 3.66. The minimum atomic E-state index is -0.307. The van der Waals surface area contributed by atoms with Crippen LogP contribution in [0, 0.1) is 5.82 Å². The molecule has 0 aromatic heterocycles. The Bertz CT molecular complexity index is 645. The zero-order valence-electron chi connectivity index (χ0n) is 13.8. The summed E-state index contributed by atoms with van der Waals surface area (Å²) in [4.78, 5) is 0. The van der Waals surface area contributed by atoms with Crippen LogP contribution in [0.15, 0.2) is 30.3 Å². The standard InChI is InChI=1S/C18H21FO4/c1-20-15-11-14(19)8-7-13(15)6-5-12-9-16(21-2)18(23-4)17(10-12)22-3/h7-11H,5-6H2,1-4H3. The molecule has 2 rings (SSSR count). The molecule has 0 radical (unpaired) electrons. The fourth-order valence-electron chi connectivity index (χ4n) is 2.48. The zero-order chi connectivity index (χ0) is 16.8. The number of aryl methyl sites for hydroxylation is 2. The van der Waals surface area contributed by atoms with E-state index >= 15 is 0 Å². The van der Waals surface area contributed by atoms with Gasteiger partial charge in [-0.1, -0.05) is 6.07 Å². The topological polar surface area (TPSA) is 36.9 Å². The van der Waals surface area contributed by atoms with Gasteiger partial charge in [0.25, 0.3) is 0 Å². The molecule has 5 heteroatoms. The van der Waals surface area contributed by atoms with E-state index in [9.17, 15) is 4.39 Å². The van der Waals surface area contributed by atoms with E-state index in [-0.39, 0.29) is 5.82 Å². The molecule has 0 heterocycles. The molecule has 124 valence electrons. The van der Waals surface area contributed by atoms with Crippen molar-refractivity contribution in [1.82, 2.24) is 0 Å². The van der Waals surface area contributed by atoms with Crippen molar-refractivity contribution in [3.05, 3.63) is 47.3 Å². The summed E-state index contributed by atoms with van der Waals surface area (Å²) in [5.74, 6) is 2.05. The van der Waals surface area contributed by atoms with E-state index < -0.39 is 0 Å². The minimum Gasteiger partial charge on any atom is -0.496 e. The van der Waals surface area contributed by atoms with Crippen molar-refractivity contribution in [2.75, 3.05) is 28.4 Å². The van der Waals surface area contributed by atoms with Gasteiger partial charge in [0.1, 0.15) is 11.6 Å². The predicted molar refractivity (Wildman–Crippen MR) is 86.5 cm³/mol. The Balaban J connectivity index is 2.24. The lowest BCUT2D eigenvalue weighted by Gasteiger charge is -2.14. The van der Waals surface area contributed by atoms with Crippen molar-refractivity contribution in [1.29, 1.82) is 0 Å². The van der Waals surface area contributed by atoms with E-state index in [1.807, 2.05) is 12.1 Å². The lowest BCUT2D eigenvalue weighted by molar-refractivity contribution is 0.324. The fraction of sp³-hybridized carbons (Fsp3) is 0.333. The van der Waals surface area contributed by atoms with Crippen molar-refractivity contribution < 1.29 is 23.3 Å². The molecule has 0 aliphatic heterocycles. The summed E-state index contributed by atoms with van der Waals surface area (Å²) in [5.41, 5.74) is 1.98. The second-order valence-corrected chi connectivity index (χ2v) is 4.99. The van der Waals surface area contributed by atoms with Gasteiger partial charge in [-0.15, -0.1) is 0 Å². The van der Waals surface area contributed by atoms with Crippen LogP contribution in [0.5, 0.6) is 23.0 Å². The molecule has 2 aromatic carbocycles. The van der Waals surface area contributed by atoms with E-state index in [1.54, 1.807) is 27.4 Å². The highest BCUT2D eigenvalue weighted by atomic mass is 19.1. The molecule has 0 N–H and O–H groups in total. The highest BCUT2D eigenvalue weighted by Gasteiger charge is 2.13. The second-order valence-electron chi connectivity index (χ2n) is 4.99. The summed E-state index contributed by atoms with van der Waals surface area (Å²) < 4.78 is 34.5. The van der Waals surface area contributed by atoms with Crippen LogP contribution < -0.4 is 18.9 Å². The van der Waals surface area contributed by atoms with Crippen LogP contribution in [-0.4, -0.2) is 28.4 Å². The lowest BCUT2D eigenvalue weighted by Crippen LogP contribution is -1.99. The quantitative estimate of drug-likeness (QED) is 0.780. The highest BCUT2D eigenvalue weighted by molar-refractivity contribution is 5.54. The largest absolute Gasteiger partial charge is 0.496 e. The summed E-state index contributed by atoms with van der Waals surface area (Å²) >= 11 is 0. The van der Waals surface area contributed by atoms with Crippen LogP contribution in [0.2, 0.25) is 0 Å². The van der Waals surface area contributed by atoms with E-state index in [0.717, 1.165) is 17.5 Å². The Morgan fingerprint density at radius 1 is 0.739 bits per heavy atom. The van der Waals surface area contributed by atoms with Crippen LogP contribution in [0.1, 0.15) is 11.1 Å². The average Bonchev–Trinajstić information content (AvgIpc) is 2.59. The molecule has 0 aliphatic rings. The minimum absolute atomic E-state index is 0.307. The Hall–Kier alpha value is -2.43. The molecule has 0 aliphatic carbocycles. The number of halogens is 1. The number of ether oxygens (including phenoxy) is 4. The van der Waals surface area contributed by atoms with Gasteiger partial charge in [0, 0.05) is 6.07 Å². The summed E-state index contributed by atoms with van der Waals surface area (Å²) in [6, 6.07) is 8.40. The number of hydrogen-bond acceptors (Lipinski definition) is 4. The average molecular weight is 320 g/mol. The van der Waals surface area contributed by atoms with Gasteiger partial charge in [-0.25, -0.2) is 4.39 Å². The van der Waals surface area contributed by atoms with Crippen molar-refractivity contribution >= 4 is 0 Å². The van der Waals surface area contributed by atoms with Gasteiger partial charge < -0.3 is 18.9 Å². The zero-order valence-corrected chi connectivity index (χ0v) is 13.8. The fourth-order valence-corrected chi connectivity index (χ4v) is 2.48. The van der Waals surface area contributed by atoms with Crippen LogP contribution in [-0.2, 0) is 12.8 Å². The predicted octanol–water partition coefficient (Wildman–Crippen LogP) is 3.65. The first-order valence-corrected chi connectivity index (χ1v) is 7.24. The molecule has 0 saturated carbocycles. The van der Waals surface area contributed by atoms with E-state index in [2.05, 4.69) is 0 Å². The molecule has 0 unspecified atom stereocenters. The SMILES string of the molecule is COc1cc(F)ccc1CCc1cc(OC)c(OC)c(OC)c1. The summed E-state index contributed by atoms with van der Waals surface area (Å²) in [7, 11) is 6.29. The number of methoxy groups -OCH3 is 4. The van der Waals surface area contributed by atoms with Gasteiger partial charge >= 0.3 is 0 Å². The lowest BCUT2D eigenvalue weighted by atomic mass is 10.0. The van der Waals surface area contributed by atoms with E-state index in [1.165, 1.54) is 19.2 Å². The molecule has 2 aromatic rings. The highest BCUT2D eigenvalue weighted by Crippen LogP contribution is 2.38. The molecule has 0 atom stereocenters. The van der Waals surface area contributed by atoms with Gasteiger partial charge in [-0.2, -0.15) is 0 Å². The van der Waals surface area contributed by atoms with Crippen molar-refractivity contribution in [2.45, 2.75) is 12.8 Å². The monoisotopic (exact) mass is 320 g/mol. The van der Waals surface area contributed by atoms with Crippen LogP contribution >= 0.6 is 0 Å². The number of benzene rings is 2. The molecule has 0 fully saturated rings. The third-order valence-electron chi connectivity index (χ3n) is 3.66. The Labute approximate surface area is 135 Å². The summed E-state index contributed by atoms with van der Waals surface area (Å²) in [6.45, 7) is 0. The smallest absolute Gasteiger partial charge is 0.203 e. The Morgan fingerprint density at radius 3 is 1.87 bits per heavy atom. The van der Waals surface area contributed by atoms with Gasteiger partial charge in [0.2, 0.25) is 5.75 Å². The first-order valence-electron chi connectivity index (χ1n) is 7.24. The summed E-state index contributed by atoms with van der Waals surface area (Å²) in [6.07, 6.45) is 1.45. The van der Waals surface area contributed by atoms with Gasteiger partial charge in [-0.3, -0.25) is 0 Å². The number of rotatable bonds is 7. The molecule has 0 spiro atoms. The van der Waals surface area contributed by atoms with Gasteiger partial charge in [0.15, 0.2) is 11.5 Å². The van der Waals surface area contributed by atoms with E-state index in [4.69, 9.17) is 18.9 Å². The van der Waals surface area contributed by atoms with Crippen molar-refractivity contribution in [3.63, 3.8) is 0 Å². The molecule has 0 amide bonds. The number of hydrogen-bond donors (Lipinski definition) is 0. The molecular formula is C18H21FO4. The Kier molecular flexibility index (Phi) is 5.68. The normalized spacial score (nSPS) is 10.3. The Morgan fingerprint density at radius 2 is 1.35 bits per heavy atom. The van der Waals surface area contributed by atoms with Crippen molar-refractivity contribution in [2.24, 2.45) is 0 Å². The van der Waals surface area contributed by atoms with Crippen LogP contribution in [0.25, 0.3) is 0 Å². The van der Waals surface area contributed by atoms with E-state index in [0.29, 0.717) is 29.4 Å². The maximum atomic E-state index is 13.3. The maximum Gasteiger partial charge on any atom is 0.203 e. The molecule has 0 saturated heterocycles. The molecule has 4 nitrogen and oxygen atoms in total. The second kappa shape index (κ2) is 7.72.